The average molecular weight is 166 g/mol. The summed E-state index contributed by atoms with van der Waals surface area (Å²) in [5.41, 5.74) is 10.9. The summed E-state index contributed by atoms with van der Waals surface area (Å²) in [4.78, 5) is 0. The number of nitrogens with two attached hydrogens (primary N) is 2. The van der Waals surface area contributed by atoms with Crippen LogP contribution in [0, 0.1) is 0 Å². The number of para-hydroxylation sites is 1. The number of ether oxygens (including phenoxy) is 1. The van der Waals surface area contributed by atoms with Crippen LogP contribution in [-0.2, 0) is 0 Å². The quantitative estimate of drug-likeness (QED) is 0.647. The van der Waals surface area contributed by atoms with Gasteiger partial charge in [-0.05, 0) is 18.7 Å². The summed E-state index contributed by atoms with van der Waals surface area (Å²) >= 11 is 0. The maximum absolute atomic E-state index is 5.61. The van der Waals surface area contributed by atoms with Crippen LogP contribution in [0.25, 0.3) is 0 Å². The maximum atomic E-state index is 5.61. The van der Waals surface area contributed by atoms with Gasteiger partial charge in [0.05, 0.1) is 0 Å². The summed E-state index contributed by atoms with van der Waals surface area (Å²) in [5, 5.41) is 0. The number of benzene rings is 1. The fourth-order valence-corrected chi connectivity index (χ4v) is 0.897. The fourth-order valence-electron chi connectivity index (χ4n) is 0.897. The van der Waals surface area contributed by atoms with E-state index in [9.17, 15) is 0 Å². The second-order valence-corrected chi connectivity index (χ2v) is 2.55. The summed E-state index contributed by atoms with van der Waals surface area (Å²) in [6.45, 7) is 0.550. The first-order chi connectivity index (χ1) is 5.83. The van der Waals surface area contributed by atoms with Crippen molar-refractivity contribution < 1.29 is 4.74 Å². The molecule has 0 aromatic heterocycles. The summed E-state index contributed by atoms with van der Waals surface area (Å²) < 4.78 is 5.35. The molecule has 1 rings (SSSR count). The van der Waals surface area contributed by atoms with Gasteiger partial charge < -0.3 is 10.5 Å². The Morgan fingerprint density at radius 3 is 2.50 bits per heavy atom. The van der Waals surface area contributed by atoms with Gasteiger partial charge in [0.25, 0.3) is 0 Å². The maximum Gasteiger partial charge on any atom is 0.148 e. The number of hydrogen-bond acceptors (Lipinski definition) is 3. The Balaban J connectivity index is 2.41. The van der Waals surface area contributed by atoms with Crippen molar-refractivity contribution in [3.63, 3.8) is 0 Å². The third-order valence-electron chi connectivity index (χ3n) is 1.48. The summed E-state index contributed by atoms with van der Waals surface area (Å²) in [7, 11) is 0. The molecule has 1 aromatic carbocycles. The Kier molecular flexibility index (Phi) is 3.57. The van der Waals surface area contributed by atoms with Gasteiger partial charge in [-0.2, -0.15) is 0 Å². The first-order valence-electron chi connectivity index (χ1n) is 4.00. The van der Waals surface area contributed by atoms with Crippen LogP contribution >= 0.6 is 0 Å². The zero-order valence-corrected chi connectivity index (χ0v) is 6.94. The van der Waals surface area contributed by atoms with Gasteiger partial charge in [-0.25, -0.2) is 0 Å². The van der Waals surface area contributed by atoms with E-state index in [0.29, 0.717) is 13.0 Å². The number of rotatable bonds is 4. The van der Waals surface area contributed by atoms with Gasteiger partial charge in [-0.15, -0.1) is 0 Å². The number of hydrogen-bond donors (Lipinski definition) is 2. The standard InChI is InChI=1S/C9H14N2O/c10-7-6-9(11)12-8-4-2-1-3-5-8/h1-5,9H,6-7,10-11H2. The van der Waals surface area contributed by atoms with Crippen molar-refractivity contribution in [3.05, 3.63) is 30.3 Å². The predicted octanol–water partition coefficient (Wildman–Crippen LogP) is 0.699. The summed E-state index contributed by atoms with van der Waals surface area (Å²) in [5.74, 6) is 0.790. The minimum absolute atomic E-state index is 0.294. The topological polar surface area (TPSA) is 61.3 Å². The molecule has 12 heavy (non-hydrogen) atoms. The molecule has 0 bridgehead atoms. The molecule has 1 atom stereocenters. The largest absolute Gasteiger partial charge is 0.476 e. The van der Waals surface area contributed by atoms with E-state index in [1.165, 1.54) is 0 Å². The van der Waals surface area contributed by atoms with Crippen molar-refractivity contribution in [3.8, 4) is 5.75 Å². The van der Waals surface area contributed by atoms with Crippen LogP contribution in [0.1, 0.15) is 6.42 Å². The molecule has 0 saturated carbocycles. The molecule has 1 unspecified atom stereocenters. The molecule has 0 aliphatic carbocycles. The Labute approximate surface area is 72.3 Å². The lowest BCUT2D eigenvalue weighted by atomic mass is 10.3. The van der Waals surface area contributed by atoms with E-state index in [1.54, 1.807) is 0 Å². The molecule has 1 aromatic rings. The molecule has 0 aliphatic rings. The molecule has 0 spiro atoms. The lowest BCUT2D eigenvalue weighted by molar-refractivity contribution is 0.201. The third kappa shape index (κ3) is 2.90. The van der Waals surface area contributed by atoms with Crippen molar-refractivity contribution in [1.29, 1.82) is 0 Å². The second kappa shape index (κ2) is 4.74. The smallest absolute Gasteiger partial charge is 0.148 e. The molecule has 4 N–H and O–H groups in total. The highest BCUT2D eigenvalue weighted by Crippen LogP contribution is 2.09. The highest BCUT2D eigenvalue weighted by molar-refractivity contribution is 5.21. The molecule has 3 nitrogen and oxygen atoms in total. The molecule has 66 valence electrons. The van der Waals surface area contributed by atoms with Crippen LogP contribution < -0.4 is 16.2 Å². The Morgan fingerprint density at radius 2 is 1.92 bits per heavy atom. The van der Waals surface area contributed by atoms with Crippen LogP contribution in [0.2, 0.25) is 0 Å². The highest BCUT2D eigenvalue weighted by atomic mass is 16.5. The minimum Gasteiger partial charge on any atom is -0.476 e. The summed E-state index contributed by atoms with van der Waals surface area (Å²) in [6.07, 6.45) is 0.381. The predicted molar refractivity (Wildman–Crippen MR) is 48.7 cm³/mol. The summed E-state index contributed by atoms with van der Waals surface area (Å²) in [6, 6.07) is 9.49. The zero-order valence-electron chi connectivity index (χ0n) is 6.94. The van der Waals surface area contributed by atoms with Crippen molar-refractivity contribution in [1.82, 2.24) is 0 Å². The van der Waals surface area contributed by atoms with Gasteiger partial charge >= 0.3 is 0 Å². The molecule has 0 radical (unpaired) electrons. The second-order valence-electron chi connectivity index (χ2n) is 2.55. The molecular weight excluding hydrogens is 152 g/mol. The van der Waals surface area contributed by atoms with Crippen LogP contribution in [0.4, 0.5) is 0 Å². The van der Waals surface area contributed by atoms with Gasteiger partial charge in [0.2, 0.25) is 0 Å². The van der Waals surface area contributed by atoms with Gasteiger partial charge in [0.15, 0.2) is 0 Å². The van der Waals surface area contributed by atoms with E-state index in [-0.39, 0.29) is 6.23 Å². The molecule has 0 saturated heterocycles. The first kappa shape index (κ1) is 9.03. The molecule has 3 heteroatoms. The molecule has 0 fully saturated rings. The average Bonchev–Trinajstić information content (AvgIpc) is 2.06. The fraction of sp³-hybridized carbons (Fsp3) is 0.333. The van der Waals surface area contributed by atoms with E-state index in [0.717, 1.165) is 5.75 Å². The first-order valence-corrected chi connectivity index (χ1v) is 4.00. The van der Waals surface area contributed by atoms with E-state index in [1.807, 2.05) is 30.3 Å². The lowest BCUT2D eigenvalue weighted by Gasteiger charge is -2.12. The van der Waals surface area contributed by atoms with Crippen LogP contribution in [-0.4, -0.2) is 12.8 Å². The van der Waals surface area contributed by atoms with E-state index in [2.05, 4.69) is 0 Å². The van der Waals surface area contributed by atoms with Crippen molar-refractivity contribution in [2.24, 2.45) is 11.5 Å². The van der Waals surface area contributed by atoms with Crippen LogP contribution in [0.15, 0.2) is 30.3 Å². The van der Waals surface area contributed by atoms with Gasteiger partial charge in [-0.1, -0.05) is 18.2 Å². The van der Waals surface area contributed by atoms with Crippen LogP contribution in [0.3, 0.4) is 0 Å². The van der Waals surface area contributed by atoms with Crippen LogP contribution in [0.5, 0.6) is 5.75 Å². The highest BCUT2D eigenvalue weighted by Gasteiger charge is 2.00. The monoisotopic (exact) mass is 166 g/mol. The van der Waals surface area contributed by atoms with Gasteiger partial charge in [0, 0.05) is 6.42 Å². The Morgan fingerprint density at radius 1 is 1.25 bits per heavy atom. The van der Waals surface area contributed by atoms with E-state index >= 15 is 0 Å². The molecule has 0 heterocycles. The molecular formula is C9H14N2O. The third-order valence-corrected chi connectivity index (χ3v) is 1.48. The van der Waals surface area contributed by atoms with E-state index < -0.39 is 0 Å². The molecule has 0 amide bonds. The molecule has 0 aliphatic heterocycles. The van der Waals surface area contributed by atoms with Crippen molar-refractivity contribution >= 4 is 0 Å². The normalized spacial score (nSPS) is 12.5. The van der Waals surface area contributed by atoms with E-state index in [4.69, 9.17) is 16.2 Å². The Bertz CT molecular complexity index is 213. The minimum atomic E-state index is -0.294. The van der Waals surface area contributed by atoms with Gasteiger partial charge in [-0.3, -0.25) is 5.73 Å². The lowest BCUT2D eigenvalue weighted by Crippen LogP contribution is -2.29. The Hall–Kier alpha value is -1.06. The SMILES string of the molecule is NCCC(N)Oc1ccccc1. The van der Waals surface area contributed by atoms with Crippen molar-refractivity contribution in [2.75, 3.05) is 6.54 Å². The zero-order chi connectivity index (χ0) is 8.81. The van der Waals surface area contributed by atoms with Gasteiger partial charge in [0.1, 0.15) is 12.0 Å². The van der Waals surface area contributed by atoms with Crippen molar-refractivity contribution in [2.45, 2.75) is 12.6 Å².